The van der Waals surface area contributed by atoms with Gasteiger partial charge in [0.15, 0.2) is 0 Å². The van der Waals surface area contributed by atoms with Gasteiger partial charge in [-0.25, -0.2) is 5.43 Å². The van der Waals surface area contributed by atoms with Gasteiger partial charge < -0.3 is 0 Å². The van der Waals surface area contributed by atoms with Gasteiger partial charge >= 0.3 is 0 Å². The lowest BCUT2D eigenvalue weighted by atomic mass is 10.1. The first-order valence-electron chi connectivity index (χ1n) is 4.67. The van der Waals surface area contributed by atoms with E-state index in [0.717, 1.165) is 10.4 Å². The van der Waals surface area contributed by atoms with Gasteiger partial charge in [0.2, 0.25) is 0 Å². The van der Waals surface area contributed by atoms with E-state index in [1.54, 1.807) is 11.3 Å². The Hall–Kier alpha value is -0.580. The van der Waals surface area contributed by atoms with Crippen molar-refractivity contribution in [1.82, 2.24) is 5.43 Å². The smallest absolute Gasteiger partial charge is 0.0818 e. The normalized spacial score (nSPS) is 12.7. The molecule has 0 fully saturated rings. The predicted molar refractivity (Wildman–Crippen MR) is 69.9 cm³/mol. The van der Waals surface area contributed by atoms with Gasteiger partial charge in [-0.15, -0.1) is 11.3 Å². The van der Waals surface area contributed by atoms with Crippen molar-refractivity contribution in [2.75, 3.05) is 0 Å². The predicted octanol–water partition coefficient (Wildman–Crippen LogP) is 3.61. The zero-order chi connectivity index (χ0) is 11.5. The fourth-order valence-electron chi connectivity index (χ4n) is 1.52. The molecule has 0 spiro atoms. The quantitative estimate of drug-likeness (QED) is 0.662. The van der Waals surface area contributed by atoms with Crippen LogP contribution in [0.25, 0.3) is 0 Å². The van der Waals surface area contributed by atoms with Crippen LogP contribution < -0.4 is 11.3 Å². The van der Waals surface area contributed by atoms with E-state index in [2.05, 4.69) is 5.43 Å². The van der Waals surface area contributed by atoms with Crippen molar-refractivity contribution < 1.29 is 0 Å². The highest BCUT2D eigenvalue weighted by molar-refractivity contribution is 7.10. The molecule has 5 heteroatoms. The van der Waals surface area contributed by atoms with Crippen LogP contribution >= 0.6 is 34.5 Å². The molecule has 0 bridgehead atoms. The molecule has 0 aliphatic carbocycles. The molecule has 84 valence electrons. The average Bonchev–Trinajstić information content (AvgIpc) is 2.67. The van der Waals surface area contributed by atoms with Crippen molar-refractivity contribution in [1.29, 1.82) is 0 Å². The van der Waals surface area contributed by atoms with E-state index in [0.29, 0.717) is 10.0 Å². The maximum Gasteiger partial charge on any atom is 0.0818 e. The van der Waals surface area contributed by atoms with Gasteiger partial charge in [-0.2, -0.15) is 0 Å². The van der Waals surface area contributed by atoms with Gasteiger partial charge in [-0.1, -0.05) is 35.3 Å². The molecule has 0 saturated carbocycles. The first-order valence-corrected chi connectivity index (χ1v) is 6.30. The third-order valence-corrected chi connectivity index (χ3v) is 3.91. The number of thiophene rings is 1. The molecular formula is C11H10Cl2N2S. The van der Waals surface area contributed by atoms with E-state index in [1.807, 2.05) is 35.7 Å². The molecule has 0 aliphatic heterocycles. The molecule has 0 radical (unpaired) electrons. The molecule has 16 heavy (non-hydrogen) atoms. The number of hydrogen-bond acceptors (Lipinski definition) is 3. The van der Waals surface area contributed by atoms with Crippen LogP contribution in [0.4, 0.5) is 0 Å². The van der Waals surface area contributed by atoms with Crippen molar-refractivity contribution in [3.05, 3.63) is 56.2 Å². The van der Waals surface area contributed by atoms with Crippen molar-refractivity contribution >= 4 is 34.5 Å². The lowest BCUT2D eigenvalue weighted by Crippen LogP contribution is -2.28. The molecule has 0 aliphatic rings. The number of rotatable bonds is 3. The minimum absolute atomic E-state index is 0.119. The van der Waals surface area contributed by atoms with Crippen molar-refractivity contribution in [2.45, 2.75) is 6.04 Å². The van der Waals surface area contributed by atoms with Gasteiger partial charge in [-0.05, 0) is 29.1 Å². The van der Waals surface area contributed by atoms with Gasteiger partial charge in [0, 0.05) is 9.90 Å². The molecule has 2 aromatic rings. The second kappa shape index (κ2) is 5.17. The standard InChI is InChI=1S/C11H10Cl2N2S/c12-8-3-1-2-7(6-8)10(15-14)11-9(13)4-5-16-11/h1-6,10,15H,14H2. The lowest BCUT2D eigenvalue weighted by molar-refractivity contribution is 0.647. The Bertz CT molecular complexity index is 484. The van der Waals surface area contributed by atoms with Crippen molar-refractivity contribution in [2.24, 2.45) is 5.84 Å². The molecule has 1 heterocycles. The first-order chi connectivity index (χ1) is 7.72. The van der Waals surface area contributed by atoms with Gasteiger partial charge in [0.05, 0.1) is 11.1 Å². The van der Waals surface area contributed by atoms with Gasteiger partial charge in [0.25, 0.3) is 0 Å². The largest absolute Gasteiger partial charge is 0.271 e. The summed E-state index contributed by atoms with van der Waals surface area (Å²) in [4.78, 5) is 0.992. The minimum Gasteiger partial charge on any atom is -0.271 e. The zero-order valence-corrected chi connectivity index (χ0v) is 10.6. The summed E-state index contributed by atoms with van der Waals surface area (Å²) < 4.78 is 0. The molecule has 3 N–H and O–H groups in total. The van der Waals surface area contributed by atoms with Crippen LogP contribution in [0.2, 0.25) is 10.0 Å². The Balaban J connectivity index is 2.40. The average molecular weight is 273 g/mol. The number of nitrogens with two attached hydrogens (primary N) is 1. The third kappa shape index (κ3) is 2.39. The van der Waals surface area contributed by atoms with Crippen LogP contribution in [0, 0.1) is 0 Å². The van der Waals surface area contributed by atoms with Crippen LogP contribution in [0.3, 0.4) is 0 Å². The van der Waals surface area contributed by atoms with Crippen LogP contribution in [0.1, 0.15) is 16.5 Å². The van der Waals surface area contributed by atoms with E-state index in [1.165, 1.54) is 0 Å². The Morgan fingerprint density at radius 1 is 1.25 bits per heavy atom. The van der Waals surface area contributed by atoms with Gasteiger partial charge in [0.1, 0.15) is 0 Å². The minimum atomic E-state index is -0.119. The highest BCUT2D eigenvalue weighted by Crippen LogP contribution is 2.33. The number of benzene rings is 1. The van der Waals surface area contributed by atoms with E-state index in [-0.39, 0.29) is 6.04 Å². The molecule has 1 aromatic heterocycles. The molecule has 1 atom stereocenters. The van der Waals surface area contributed by atoms with E-state index in [9.17, 15) is 0 Å². The highest BCUT2D eigenvalue weighted by atomic mass is 35.5. The summed E-state index contributed by atoms with van der Waals surface area (Å²) >= 11 is 13.6. The van der Waals surface area contributed by atoms with Crippen molar-refractivity contribution in [3.63, 3.8) is 0 Å². The van der Waals surface area contributed by atoms with Crippen LogP contribution in [0.5, 0.6) is 0 Å². The Morgan fingerprint density at radius 3 is 2.62 bits per heavy atom. The maximum absolute atomic E-state index is 6.08. The molecule has 0 amide bonds. The first kappa shape index (κ1) is 11.9. The Kier molecular flexibility index (Phi) is 3.84. The fraction of sp³-hybridized carbons (Fsp3) is 0.0909. The molecule has 0 saturated heterocycles. The monoisotopic (exact) mass is 272 g/mol. The summed E-state index contributed by atoms with van der Waals surface area (Å²) in [6.07, 6.45) is 0. The SMILES string of the molecule is NNC(c1cccc(Cl)c1)c1sccc1Cl. The van der Waals surface area contributed by atoms with Crippen molar-refractivity contribution in [3.8, 4) is 0 Å². The van der Waals surface area contributed by atoms with Crippen LogP contribution in [0.15, 0.2) is 35.7 Å². The van der Waals surface area contributed by atoms with E-state index < -0.39 is 0 Å². The topological polar surface area (TPSA) is 38.0 Å². The fourth-order valence-corrected chi connectivity index (χ4v) is 2.97. The lowest BCUT2D eigenvalue weighted by Gasteiger charge is -2.15. The number of halogens is 2. The second-order valence-electron chi connectivity index (χ2n) is 3.29. The number of hydrazine groups is 1. The summed E-state index contributed by atoms with van der Waals surface area (Å²) in [6, 6.07) is 9.30. The molecule has 1 aromatic carbocycles. The molecule has 2 rings (SSSR count). The summed E-state index contributed by atoms with van der Waals surface area (Å²) in [7, 11) is 0. The van der Waals surface area contributed by atoms with Crippen LogP contribution in [-0.4, -0.2) is 0 Å². The number of nitrogens with one attached hydrogen (secondary N) is 1. The molecule has 1 unspecified atom stereocenters. The second-order valence-corrected chi connectivity index (χ2v) is 5.08. The zero-order valence-electron chi connectivity index (χ0n) is 8.28. The summed E-state index contributed by atoms with van der Waals surface area (Å²) in [5.41, 5.74) is 3.76. The molecule has 2 nitrogen and oxygen atoms in total. The number of hydrogen-bond donors (Lipinski definition) is 2. The molecular weight excluding hydrogens is 263 g/mol. The maximum atomic E-state index is 6.08. The summed E-state index contributed by atoms with van der Waals surface area (Å²) in [5.74, 6) is 5.57. The summed E-state index contributed by atoms with van der Waals surface area (Å²) in [5, 5.41) is 3.34. The summed E-state index contributed by atoms with van der Waals surface area (Å²) in [6.45, 7) is 0. The Morgan fingerprint density at radius 2 is 2.06 bits per heavy atom. The van der Waals surface area contributed by atoms with Crippen LogP contribution in [-0.2, 0) is 0 Å². The van der Waals surface area contributed by atoms with Gasteiger partial charge in [-0.3, -0.25) is 5.84 Å². The Labute approximate surface area is 108 Å². The van der Waals surface area contributed by atoms with E-state index in [4.69, 9.17) is 29.0 Å². The third-order valence-electron chi connectivity index (χ3n) is 2.26. The van der Waals surface area contributed by atoms with E-state index >= 15 is 0 Å². The highest BCUT2D eigenvalue weighted by Gasteiger charge is 2.16.